The van der Waals surface area contributed by atoms with Crippen LogP contribution in [0, 0.1) is 0 Å². The summed E-state index contributed by atoms with van der Waals surface area (Å²) in [6.07, 6.45) is 4.38. The summed E-state index contributed by atoms with van der Waals surface area (Å²) in [4.78, 5) is 16.3. The third-order valence-corrected chi connectivity index (χ3v) is 3.63. The molecule has 2 N–H and O–H groups in total. The zero-order chi connectivity index (χ0) is 15.1. The quantitative estimate of drug-likeness (QED) is 0.848. The SMILES string of the molecule is CCc1ccc(CC(=O)CCC(N)c2ccccc2)nc1. The Morgan fingerprint density at radius 1 is 1.19 bits per heavy atom. The van der Waals surface area contributed by atoms with Gasteiger partial charge in [-0.1, -0.05) is 43.3 Å². The van der Waals surface area contributed by atoms with Crippen molar-refractivity contribution >= 4 is 5.78 Å². The Labute approximate surface area is 126 Å². The van der Waals surface area contributed by atoms with Crippen LogP contribution in [0.3, 0.4) is 0 Å². The van der Waals surface area contributed by atoms with Gasteiger partial charge in [0.2, 0.25) is 0 Å². The lowest BCUT2D eigenvalue weighted by molar-refractivity contribution is -0.118. The van der Waals surface area contributed by atoms with Crippen LogP contribution in [0.1, 0.15) is 42.6 Å². The van der Waals surface area contributed by atoms with Gasteiger partial charge < -0.3 is 5.73 Å². The first-order chi connectivity index (χ1) is 10.2. The summed E-state index contributed by atoms with van der Waals surface area (Å²) in [5, 5.41) is 0. The molecular formula is C18H22N2O. The molecule has 110 valence electrons. The largest absolute Gasteiger partial charge is 0.324 e. The number of ketones is 1. The lowest BCUT2D eigenvalue weighted by atomic mass is 10.00. The van der Waals surface area contributed by atoms with Crippen molar-refractivity contribution in [2.45, 2.75) is 38.6 Å². The molecule has 0 spiro atoms. The molecule has 0 saturated heterocycles. The molecule has 1 atom stereocenters. The molecule has 3 heteroatoms. The summed E-state index contributed by atoms with van der Waals surface area (Å²) in [5.74, 6) is 0.193. The number of benzene rings is 1. The summed E-state index contributed by atoms with van der Waals surface area (Å²) in [5.41, 5.74) is 9.22. The molecular weight excluding hydrogens is 260 g/mol. The first kappa shape index (κ1) is 15.4. The smallest absolute Gasteiger partial charge is 0.138 e. The minimum Gasteiger partial charge on any atom is -0.324 e. The second-order valence-corrected chi connectivity index (χ2v) is 5.28. The zero-order valence-electron chi connectivity index (χ0n) is 12.5. The third-order valence-electron chi connectivity index (χ3n) is 3.63. The lowest BCUT2D eigenvalue weighted by Crippen LogP contribution is -2.13. The van der Waals surface area contributed by atoms with E-state index in [1.807, 2.05) is 48.7 Å². The Kier molecular flexibility index (Phi) is 5.64. The molecule has 0 aliphatic heterocycles. The topological polar surface area (TPSA) is 56.0 Å². The van der Waals surface area contributed by atoms with Crippen molar-refractivity contribution in [3.8, 4) is 0 Å². The van der Waals surface area contributed by atoms with Crippen LogP contribution in [0.15, 0.2) is 48.7 Å². The van der Waals surface area contributed by atoms with E-state index < -0.39 is 0 Å². The van der Waals surface area contributed by atoms with E-state index in [2.05, 4.69) is 11.9 Å². The van der Waals surface area contributed by atoms with Gasteiger partial charge in [0.15, 0.2) is 0 Å². The van der Waals surface area contributed by atoms with Crippen LogP contribution in [0.4, 0.5) is 0 Å². The average Bonchev–Trinajstić information content (AvgIpc) is 2.54. The second kappa shape index (κ2) is 7.70. The zero-order valence-corrected chi connectivity index (χ0v) is 12.5. The van der Waals surface area contributed by atoms with E-state index in [1.165, 1.54) is 5.56 Å². The van der Waals surface area contributed by atoms with Crippen molar-refractivity contribution in [3.05, 3.63) is 65.5 Å². The first-order valence-corrected chi connectivity index (χ1v) is 7.45. The number of carbonyl (C=O) groups is 1. The van der Waals surface area contributed by atoms with Gasteiger partial charge in [0.25, 0.3) is 0 Å². The molecule has 0 aliphatic carbocycles. The van der Waals surface area contributed by atoms with Crippen molar-refractivity contribution < 1.29 is 4.79 Å². The number of Topliss-reactive ketones (excluding diaryl/α,β-unsaturated/α-hetero) is 1. The Balaban J connectivity index is 1.81. The number of pyridine rings is 1. The monoisotopic (exact) mass is 282 g/mol. The Morgan fingerprint density at radius 3 is 2.57 bits per heavy atom. The van der Waals surface area contributed by atoms with Crippen LogP contribution < -0.4 is 5.73 Å². The summed E-state index contributed by atoms with van der Waals surface area (Å²) in [7, 11) is 0. The number of hydrogen-bond donors (Lipinski definition) is 1. The maximum Gasteiger partial charge on any atom is 0.138 e. The number of carbonyl (C=O) groups excluding carboxylic acids is 1. The Bertz CT molecular complexity index is 564. The van der Waals surface area contributed by atoms with Gasteiger partial charge in [-0.05, 0) is 30.0 Å². The first-order valence-electron chi connectivity index (χ1n) is 7.45. The molecule has 0 radical (unpaired) electrons. The highest BCUT2D eigenvalue weighted by atomic mass is 16.1. The van der Waals surface area contributed by atoms with Crippen LogP contribution in [-0.2, 0) is 17.6 Å². The predicted octanol–water partition coefficient (Wildman–Crippen LogP) is 3.24. The van der Waals surface area contributed by atoms with Crippen LogP contribution in [0.2, 0.25) is 0 Å². The van der Waals surface area contributed by atoms with Gasteiger partial charge in [-0.2, -0.15) is 0 Å². The molecule has 1 aromatic heterocycles. The molecule has 3 nitrogen and oxygen atoms in total. The van der Waals surface area contributed by atoms with E-state index >= 15 is 0 Å². The molecule has 2 aromatic rings. The lowest BCUT2D eigenvalue weighted by Gasteiger charge is -2.11. The third kappa shape index (κ3) is 4.80. The molecule has 0 bridgehead atoms. The summed E-state index contributed by atoms with van der Waals surface area (Å²) in [6.45, 7) is 2.09. The number of rotatable bonds is 7. The molecule has 1 unspecified atom stereocenters. The van der Waals surface area contributed by atoms with E-state index in [0.29, 0.717) is 19.3 Å². The molecule has 0 aliphatic rings. The minimum atomic E-state index is -0.0782. The maximum absolute atomic E-state index is 12.0. The fourth-order valence-corrected chi connectivity index (χ4v) is 2.24. The van der Waals surface area contributed by atoms with Gasteiger partial charge in [-0.25, -0.2) is 0 Å². The number of aryl methyl sites for hydroxylation is 1. The molecule has 2 rings (SSSR count). The number of hydrogen-bond acceptors (Lipinski definition) is 3. The highest BCUT2D eigenvalue weighted by molar-refractivity contribution is 5.80. The van der Waals surface area contributed by atoms with Crippen molar-refractivity contribution in [2.75, 3.05) is 0 Å². The van der Waals surface area contributed by atoms with E-state index in [1.54, 1.807) is 0 Å². The molecule has 21 heavy (non-hydrogen) atoms. The summed E-state index contributed by atoms with van der Waals surface area (Å²) < 4.78 is 0. The molecule has 0 amide bonds. The van der Waals surface area contributed by atoms with Crippen LogP contribution in [0.25, 0.3) is 0 Å². The fraction of sp³-hybridized carbons (Fsp3) is 0.333. The van der Waals surface area contributed by atoms with Crippen molar-refractivity contribution in [3.63, 3.8) is 0 Å². The number of nitrogens with two attached hydrogens (primary N) is 1. The standard InChI is InChI=1S/C18H22N2O/c1-2-14-8-9-16(20-13-14)12-17(21)10-11-18(19)15-6-4-3-5-7-15/h3-9,13,18H,2,10-12,19H2,1H3. The number of aromatic nitrogens is 1. The van der Waals surface area contributed by atoms with Crippen LogP contribution >= 0.6 is 0 Å². The van der Waals surface area contributed by atoms with Gasteiger partial charge in [-0.15, -0.1) is 0 Å². The minimum absolute atomic E-state index is 0.0782. The predicted molar refractivity (Wildman–Crippen MR) is 84.9 cm³/mol. The fourth-order valence-electron chi connectivity index (χ4n) is 2.24. The Hall–Kier alpha value is -2.00. The van der Waals surface area contributed by atoms with E-state index in [9.17, 15) is 4.79 Å². The number of nitrogens with zero attached hydrogens (tertiary/aromatic N) is 1. The average molecular weight is 282 g/mol. The maximum atomic E-state index is 12.0. The highest BCUT2D eigenvalue weighted by Gasteiger charge is 2.10. The molecule has 0 fully saturated rings. The van der Waals surface area contributed by atoms with Gasteiger partial charge in [0.05, 0.1) is 0 Å². The normalized spacial score (nSPS) is 12.1. The van der Waals surface area contributed by atoms with E-state index in [0.717, 1.165) is 17.7 Å². The van der Waals surface area contributed by atoms with Crippen molar-refractivity contribution in [1.82, 2.24) is 4.98 Å². The molecule has 0 saturated carbocycles. The molecule has 1 aromatic carbocycles. The second-order valence-electron chi connectivity index (χ2n) is 5.28. The summed E-state index contributed by atoms with van der Waals surface area (Å²) in [6, 6.07) is 13.8. The van der Waals surface area contributed by atoms with Crippen LogP contribution in [-0.4, -0.2) is 10.8 Å². The van der Waals surface area contributed by atoms with Gasteiger partial charge in [-0.3, -0.25) is 9.78 Å². The van der Waals surface area contributed by atoms with Gasteiger partial charge in [0, 0.05) is 30.8 Å². The van der Waals surface area contributed by atoms with Gasteiger partial charge in [0.1, 0.15) is 5.78 Å². The molecule has 1 heterocycles. The van der Waals surface area contributed by atoms with Crippen molar-refractivity contribution in [2.24, 2.45) is 5.73 Å². The van der Waals surface area contributed by atoms with E-state index in [4.69, 9.17) is 5.73 Å². The van der Waals surface area contributed by atoms with Gasteiger partial charge >= 0.3 is 0 Å². The van der Waals surface area contributed by atoms with Crippen molar-refractivity contribution in [1.29, 1.82) is 0 Å². The Morgan fingerprint density at radius 2 is 1.95 bits per heavy atom. The van der Waals surface area contributed by atoms with E-state index in [-0.39, 0.29) is 11.8 Å². The van der Waals surface area contributed by atoms with Crippen LogP contribution in [0.5, 0.6) is 0 Å². The highest BCUT2D eigenvalue weighted by Crippen LogP contribution is 2.16. The summed E-state index contributed by atoms with van der Waals surface area (Å²) >= 11 is 0.